The van der Waals surface area contributed by atoms with E-state index in [0.717, 1.165) is 51.4 Å². The Kier molecular flexibility index (Phi) is 34.0. The molecule has 6 unspecified atom stereocenters. The van der Waals surface area contributed by atoms with Gasteiger partial charge in [-0.25, -0.2) is 0 Å². The normalized spacial score (nSPS) is 21.2. The van der Waals surface area contributed by atoms with Gasteiger partial charge in [-0.1, -0.05) is 160 Å². The van der Waals surface area contributed by atoms with E-state index < -0.39 is 43.4 Å². The summed E-state index contributed by atoms with van der Waals surface area (Å²) in [6.45, 7) is 4.52. The standard InChI is InChI=1S/C44H82O9/c1-3-5-7-9-11-13-15-17-19-20-22-24-26-28-30-32-34-50-36-38(37-51-44-43(49)42(48)41(47)39(35-45)53-44)52-40(46)33-31-29-27-25-23-21-18-16-14-12-10-8-6-4-2/h11,13,17,19,38-39,41-45,47-49H,3-10,12,14-16,18,20-37H2,1-2H3/b13-11-,19-17-. The van der Waals surface area contributed by atoms with E-state index in [-0.39, 0.29) is 19.2 Å². The van der Waals surface area contributed by atoms with E-state index in [4.69, 9.17) is 18.9 Å². The number of esters is 1. The van der Waals surface area contributed by atoms with Crippen molar-refractivity contribution in [3.8, 4) is 0 Å². The van der Waals surface area contributed by atoms with Crippen molar-refractivity contribution in [1.82, 2.24) is 0 Å². The van der Waals surface area contributed by atoms with E-state index >= 15 is 0 Å². The predicted molar refractivity (Wildman–Crippen MR) is 215 cm³/mol. The van der Waals surface area contributed by atoms with Gasteiger partial charge in [0.1, 0.15) is 30.5 Å². The Morgan fingerprint density at radius 3 is 1.66 bits per heavy atom. The topological polar surface area (TPSA) is 135 Å². The first-order chi connectivity index (χ1) is 25.9. The van der Waals surface area contributed by atoms with Crippen LogP contribution in [-0.4, -0.2) is 89.6 Å². The number of hydrogen-bond donors (Lipinski definition) is 4. The quantitative estimate of drug-likeness (QED) is 0.0278. The molecule has 0 spiro atoms. The van der Waals surface area contributed by atoms with Crippen molar-refractivity contribution in [3.63, 3.8) is 0 Å². The van der Waals surface area contributed by atoms with Crippen LogP contribution in [0.2, 0.25) is 0 Å². The number of aliphatic hydroxyl groups excluding tert-OH is 4. The van der Waals surface area contributed by atoms with Crippen molar-refractivity contribution in [2.75, 3.05) is 26.4 Å². The van der Waals surface area contributed by atoms with Crippen LogP contribution in [0.4, 0.5) is 0 Å². The van der Waals surface area contributed by atoms with Gasteiger partial charge in [0, 0.05) is 13.0 Å². The highest BCUT2D eigenvalue weighted by atomic mass is 16.7. The lowest BCUT2D eigenvalue weighted by Crippen LogP contribution is -2.59. The summed E-state index contributed by atoms with van der Waals surface area (Å²) < 4.78 is 22.8. The molecule has 0 aromatic heterocycles. The number of hydrogen-bond acceptors (Lipinski definition) is 9. The molecule has 1 aliphatic heterocycles. The summed E-state index contributed by atoms with van der Waals surface area (Å²) in [5.41, 5.74) is 0. The molecule has 53 heavy (non-hydrogen) atoms. The number of allylic oxidation sites excluding steroid dienone is 4. The minimum absolute atomic E-state index is 0.114. The molecule has 9 heteroatoms. The molecule has 0 aromatic carbocycles. The van der Waals surface area contributed by atoms with Gasteiger partial charge in [-0.05, 0) is 44.9 Å². The fourth-order valence-electron chi connectivity index (χ4n) is 6.64. The molecule has 0 aliphatic carbocycles. The molecule has 1 heterocycles. The average Bonchev–Trinajstić information content (AvgIpc) is 3.16. The molecule has 4 N–H and O–H groups in total. The van der Waals surface area contributed by atoms with Crippen molar-refractivity contribution < 1.29 is 44.2 Å². The van der Waals surface area contributed by atoms with E-state index in [2.05, 4.69) is 38.2 Å². The fraction of sp³-hybridized carbons (Fsp3) is 0.886. The first-order valence-corrected chi connectivity index (χ1v) is 21.9. The number of carbonyl (C=O) groups is 1. The van der Waals surface area contributed by atoms with Crippen LogP contribution < -0.4 is 0 Å². The lowest BCUT2D eigenvalue weighted by molar-refractivity contribution is -0.305. The summed E-state index contributed by atoms with van der Waals surface area (Å²) in [5.74, 6) is -0.316. The lowest BCUT2D eigenvalue weighted by atomic mass is 9.99. The summed E-state index contributed by atoms with van der Waals surface area (Å²) in [6.07, 6.45) is 33.4. The van der Waals surface area contributed by atoms with E-state index in [1.54, 1.807) is 0 Å². The highest BCUT2D eigenvalue weighted by Crippen LogP contribution is 2.22. The van der Waals surface area contributed by atoms with Gasteiger partial charge in [0.25, 0.3) is 0 Å². The molecule has 0 saturated carbocycles. The summed E-state index contributed by atoms with van der Waals surface area (Å²) >= 11 is 0. The smallest absolute Gasteiger partial charge is 0.306 e. The van der Waals surface area contributed by atoms with Crippen LogP contribution in [0, 0.1) is 0 Å². The molecule has 9 nitrogen and oxygen atoms in total. The van der Waals surface area contributed by atoms with Crippen LogP contribution in [0.15, 0.2) is 24.3 Å². The van der Waals surface area contributed by atoms with Gasteiger partial charge in [-0.2, -0.15) is 0 Å². The first kappa shape index (κ1) is 49.7. The second kappa shape index (κ2) is 36.3. The van der Waals surface area contributed by atoms with Crippen molar-refractivity contribution in [2.24, 2.45) is 0 Å². The van der Waals surface area contributed by atoms with Crippen LogP contribution in [-0.2, 0) is 23.7 Å². The third kappa shape index (κ3) is 27.8. The van der Waals surface area contributed by atoms with Gasteiger partial charge in [0.2, 0.25) is 0 Å². The molecular weight excluding hydrogens is 672 g/mol. The molecule has 0 amide bonds. The van der Waals surface area contributed by atoms with Crippen LogP contribution in [0.3, 0.4) is 0 Å². The summed E-state index contributed by atoms with van der Waals surface area (Å²) in [6, 6.07) is 0. The average molecular weight is 755 g/mol. The second-order valence-electron chi connectivity index (χ2n) is 15.1. The van der Waals surface area contributed by atoms with Gasteiger partial charge >= 0.3 is 5.97 Å². The van der Waals surface area contributed by atoms with Crippen LogP contribution in [0.1, 0.15) is 187 Å². The molecule has 312 valence electrons. The van der Waals surface area contributed by atoms with E-state index in [0.29, 0.717) is 13.0 Å². The Labute approximate surface area is 324 Å². The molecule has 0 bridgehead atoms. The van der Waals surface area contributed by atoms with Gasteiger partial charge in [-0.3, -0.25) is 4.79 Å². The highest BCUT2D eigenvalue weighted by molar-refractivity contribution is 5.69. The van der Waals surface area contributed by atoms with Crippen LogP contribution in [0.25, 0.3) is 0 Å². The Morgan fingerprint density at radius 2 is 1.09 bits per heavy atom. The molecule has 1 fully saturated rings. The van der Waals surface area contributed by atoms with Crippen molar-refractivity contribution in [1.29, 1.82) is 0 Å². The van der Waals surface area contributed by atoms with Crippen molar-refractivity contribution in [2.45, 2.75) is 224 Å². The number of aliphatic hydroxyl groups is 4. The molecular formula is C44H82O9. The number of carbonyl (C=O) groups excluding carboxylic acids is 1. The minimum Gasteiger partial charge on any atom is -0.457 e. The lowest BCUT2D eigenvalue weighted by Gasteiger charge is -2.39. The van der Waals surface area contributed by atoms with Crippen LogP contribution >= 0.6 is 0 Å². The SMILES string of the molecule is CCCCC/C=C\C/C=C\CCCCCCCCOCC(COC1OC(CO)C(O)C(O)C1O)OC(=O)CCCCCCCCCCCCCCCC. The first-order valence-electron chi connectivity index (χ1n) is 21.9. The third-order valence-corrected chi connectivity index (χ3v) is 10.1. The van der Waals surface area contributed by atoms with Gasteiger partial charge < -0.3 is 39.4 Å². The molecule has 6 atom stereocenters. The molecule has 0 aromatic rings. The van der Waals surface area contributed by atoms with E-state index in [1.165, 1.54) is 116 Å². The van der Waals surface area contributed by atoms with Gasteiger partial charge in [0.15, 0.2) is 6.29 Å². The zero-order chi connectivity index (χ0) is 38.6. The zero-order valence-electron chi connectivity index (χ0n) is 34.0. The maximum Gasteiger partial charge on any atom is 0.306 e. The Balaban J connectivity index is 2.28. The molecule has 0 radical (unpaired) electrons. The summed E-state index contributed by atoms with van der Waals surface area (Å²) in [5, 5.41) is 40.1. The highest BCUT2D eigenvalue weighted by Gasteiger charge is 2.44. The molecule has 1 rings (SSSR count). The van der Waals surface area contributed by atoms with Crippen LogP contribution in [0.5, 0.6) is 0 Å². The minimum atomic E-state index is -1.53. The maximum atomic E-state index is 12.7. The van der Waals surface area contributed by atoms with Gasteiger partial charge in [0.05, 0.1) is 19.8 Å². The monoisotopic (exact) mass is 755 g/mol. The Hall–Kier alpha value is -1.33. The number of rotatable bonds is 37. The summed E-state index contributed by atoms with van der Waals surface area (Å²) in [7, 11) is 0. The van der Waals surface area contributed by atoms with E-state index in [9.17, 15) is 25.2 Å². The molecule has 1 aliphatic rings. The Morgan fingerprint density at radius 1 is 0.604 bits per heavy atom. The maximum absolute atomic E-state index is 12.7. The Bertz CT molecular complexity index is 864. The zero-order valence-corrected chi connectivity index (χ0v) is 34.0. The number of unbranched alkanes of at least 4 members (excludes halogenated alkanes) is 22. The predicted octanol–water partition coefficient (Wildman–Crippen LogP) is 9.42. The van der Waals surface area contributed by atoms with Crippen molar-refractivity contribution >= 4 is 5.97 Å². The second-order valence-corrected chi connectivity index (χ2v) is 15.1. The molecule has 1 saturated heterocycles. The van der Waals surface area contributed by atoms with Gasteiger partial charge in [-0.15, -0.1) is 0 Å². The number of ether oxygens (including phenoxy) is 4. The fourth-order valence-corrected chi connectivity index (χ4v) is 6.64. The largest absolute Gasteiger partial charge is 0.457 e. The van der Waals surface area contributed by atoms with E-state index in [1.807, 2.05) is 0 Å². The third-order valence-electron chi connectivity index (χ3n) is 10.1. The van der Waals surface area contributed by atoms with Crippen molar-refractivity contribution in [3.05, 3.63) is 24.3 Å². The summed E-state index contributed by atoms with van der Waals surface area (Å²) in [4.78, 5) is 12.7.